The molecule has 0 fully saturated rings. The number of aromatic nitrogens is 3. The zero-order chi connectivity index (χ0) is 25.6. The number of fused-ring (bicyclic) bond motifs is 1. The Balaban J connectivity index is 1.46. The molecule has 2 aromatic heterocycles. The lowest BCUT2D eigenvalue weighted by Gasteiger charge is -2.31. The highest BCUT2D eigenvalue weighted by atomic mass is 19.1. The molecule has 0 saturated heterocycles. The van der Waals surface area contributed by atoms with Crippen LogP contribution in [0.4, 0.5) is 4.39 Å². The van der Waals surface area contributed by atoms with E-state index in [9.17, 15) is 14.0 Å². The third-order valence-corrected chi connectivity index (χ3v) is 5.99. The first-order valence-electron chi connectivity index (χ1n) is 11.8. The Bertz CT molecular complexity index is 1480. The van der Waals surface area contributed by atoms with Gasteiger partial charge in [0.25, 0.3) is 0 Å². The van der Waals surface area contributed by atoms with E-state index in [0.717, 1.165) is 5.56 Å². The predicted molar refractivity (Wildman–Crippen MR) is 134 cm³/mol. The van der Waals surface area contributed by atoms with Crippen molar-refractivity contribution in [2.24, 2.45) is 0 Å². The van der Waals surface area contributed by atoms with Crippen LogP contribution in [0.1, 0.15) is 22.9 Å². The minimum atomic E-state index is -0.950. The first-order chi connectivity index (χ1) is 18.1. The molecule has 0 spiro atoms. The van der Waals surface area contributed by atoms with Gasteiger partial charge in [-0.05, 0) is 47.5 Å². The molecule has 1 N–H and O–H groups in total. The quantitative estimate of drug-likeness (QED) is 0.329. The minimum Gasteiger partial charge on any atom is -0.467 e. The molecular weight excluding hydrogens is 473 g/mol. The first kappa shape index (κ1) is 23.9. The van der Waals surface area contributed by atoms with E-state index < -0.39 is 6.04 Å². The predicted octanol–water partition coefficient (Wildman–Crippen LogP) is 4.25. The number of halogens is 1. The van der Waals surface area contributed by atoms with Crippen LogP contribution in [0, 0.1) is 5.82 Å². The summed E-state index contributed by atoms with van der Waals surface area (Å²) in [6, 6.07) is 24.9. The number of hydrogen-bond acceptors (Lipinski definition) is 5. The number of carbonyl (C=O) groups excluding carboxylic acids is 2. The van der Waals surface area contributed by atoms with E-state index in [1.165, 1.54) is 28.0 Å². The normalized spacial score (nSPS) is 11.8. The molecule has 0 aliphatic carbocycles. The standard InChI is InChI=1S/C28H24FN5O3/c29-22-14-12-20(13-15-22)17-30-28(36)27(21-7-2-1-3-8-21)33(18-23-9-6-16-37-23)26(35)19-34-25-11-5-4-10-24(25)31-32-34/h1-16,27H,17-19H2,(H,30,36). The zero-order valence-electron chi connectivity index (χ0n) is 19.8. The summed E-state index contributed by atoms with van der Waals surface area (Å²) >= 11 is 0. The van der Waals surface area contributed by atoms with Gasteiger partial charge in [0.15, 0.2) is 0 Å². The number of amides is 2. The highest BCUT2D eigenvalue weighted by molar-refractivity contribution is 5.89. The van der Waals surface area contributed by atoms with E-state index in [1.54, 1.807) is 36.4 Å². The Morgan fingerprint density at radius 2 is 1.70 bits per heavy atom. The van der Waals surface area contributed by atoms with Gasteiger partial charge in [-0.1, -0.05) is 59.8 Å². The molecule has 2 amide bonds. The maximum atomic E-state index is 13.8. The Morgan fingerprint density at radius 1 is 0.946 bits per heavy atom. The van der Waals surface area contributed by atoms with Crippen molar-refractivity contribution in [2.45, 2.75) is 25.7 Å². The highest BCUT2D eigenvalue weighted by Crippen LogP contribution is 2.25. The van der Waals surface area contributed by atoms with Gasteiger partial charge >= 0.3 is 0 Å². The molecule has 186 valence electrons. The lowest BCUT2D eigenvalue weighted by molar-refractivity contribution is -0.142. The first-order valence-corrected chi connectivity index (χ1v) is 11.8. The SMILES string of the molecule is O=C(NCc1ccc(F)cc1)C(c1ccccc1)N(Cc1ccco1)C(=O)Cn1nnc2ccccc21. The molecule has 5 aromatic rings. The summed E-state index contributed by atoms with van der Waals surface area (Å²) in [5.41, 5.74) is 2.76. The number of benzene rings is 3. The molecule has 5 rings (SSSR count). The lowest BCUT2D eigenvalue weighted by atomic mass is 10.0. The molecule has 0 aliphatic heterocycles. The topological polar surface area (TPSA) is 93.3 Å². The van der Waals surface area contributed by atoms with Crippen molar-refractivity contribution in [3.05, 3.63) is 120 Å². The molecule has 0 radical (unpaired) electrons. The molecular formula is C28H24FN5O3. The van der Waals surface area contributed by atoms with Crippen LogP contribution < -0.4 is 5.32 Å². The van der Waals surface area contributed by atoms with Crippen LogP contribution in [0.5, 0.6) is 0 Å². The van der Waals surface area contributed by atoms with E-state index in [-0.39, 0.29) is 37.3 Å². The van der Waals surface area contributed by atoms with Gasteiger partial charge in [0, 0.05) is 6.54 Å². The van der Waals surface area contributed by atoms with Crippen LogP contribution in [0.15, 0.2) is 102 Å². The van der Waals surface area contributed by atoms with Gasteiger partial charge in [0.1, 0.15) is 29.7 Å². The highest BCUT2D eigenvalue weighted by Gasteiger charge is 2.32. The molecule has 37 heavy (non-hydrogen) atoms. The molecule has 1 unspecified atom stereocenters. The number of rotatable bonds is 9. The monoisotopic (exact) mass is 497 g/mol. The van der Waals surface area contributed by atoms with Crippen molar-refractivity contribution in [3.8, 4) is 0 Å². The molecule has 3 aromatic carbocycles. The third kappa shape index (κ3) is 5.56. The van der Waals surface area contributed by atoms with Crippen LogP contribution >= 0.6 is 0 Å². The fourth-order valence-electron chi connectivity index (χ4n) is 4.14. The molecule has 8 nitrogen and oxygen atoms in total. The van der Waals surface area contributed by atoms with Crippen LogP contribution in [-0.2, 0) is 29.2 Å². The second-order valence-corrected chi connectivity index (χ2v) is 8.49. The zero-order valence-corrected chi connectivity index (χ0v) is 19.8. The number of para-hydroxylation sites is 1. The van der Waals surface area contributed by atoms with Crippen molar-refractivity contribution in [1.29, 1.82) is 0 Å². The Labute approximate surface area is 212 Å². The van der Waals surface area contributed by atoms with Crippen LogP contribution in [0.2, 0.25) is 0 Å². The van der Waals surface area contributed by atoms with E-state index in [4.69, 9.17) is 4.42 Å². The van der Waals surface area contributed by atoms with Gasteiger partial charge in [-0.25, -0.2) is 9.07 Å². The van der Waals surface area contributed by atoms with Gasteiger partial charge < -0.3 is 14.6 Å². The van der Waals surface area contributed by atoms with E-state index in [1.807, 2.05) is 42.5 Å². The van der Waals surface area contributed by atoms with Crippen LogP contribution in [0.3, 0.4) is 0 Å². The summed E-state index contributed by atoms with van der Waals surface area (Å²) in [5, 5.41) is 11.2. The van der Waals surface area contributed by atoms with Crippen molar-refractivity contribution in [1.82, 2.24) is 25.2 Å². The van der Waals surface area contributed by atoms with Gasteiger partial charge in [-0.3, -0.25) is 9.59 Å². The fraction of sp³-hybridized carbons (Fsp3) is 0.143. The smallest absolute Gasteiger partial charge is 0.247 e. The summed E-state index contributed by atoms with van der Waals surface area (Å²) < 4.78 is 20.4. The average molecular weight is 498 g/mol. The second kappa shape index (κ2) is 10.9. The number of hydrogen-bond donors (Lipinski definition) is 1. The largest absolute Gasteiger partial charge is 0.467 e. The molecule has 1 atom stereocenters. The van der Waals surface area contributed by atoms with Gasteiger partial charge in [0.2, 0.25) is 11.8 Å². The summed E-state index contributed by atoms with van der Waals surface area (Å²) in [6.45, 7) is 0.136. The second-order valence-electron chi connectivity index (χ2n) is 8.49. The third-order valence-electron chi connectivity index (χ3n) is 5.99. The molecule has 0 aliphatic rings. The summed E-state index contributed by atoms with van der Waals surface area (Å²) in [5.74, 6) is -0.533. The van der Waals surface area contributed by atoms with Crippen molar-refractivity contribution in [2.75, 3.05) is 0 Å². The van der Waals surface area contributed by atoms with E-state index in [2.05, 4.69) is 15.6 Å². The van der Waals surface area contributed by atoms with Gasteiger partial charge in [-0.15, -0.1) is 5.10 Å². The van der Waals surface area contributed by atoms with E-state index in [0.29, 0.717) is 22.4 Å². The minimum absolute atomic E-state index is 0.0714. The van der Waals surface area contributed by atoms with Crippen molar-refractivity contribution in [3.63, 3.8) is 0 Å². The average Bonchev–Trinajstić information content (AvgIpc) is 3.59. The Hall–Kier alpha value is -4.79. The van der Waals surface area contributed by atoms with Gasteiger partial charge in [-0.2, -0.15) is 0 Å². The maximum absolute atomic E-state index is 13.8. The van der Waals surface area contributed by atoms with Crippen LogP contribution in [0.25, 0.3) is 11.0 Å². The molecule has 9 heteroatoms. The lowest BCUT2D eigenvalue weighted by Crippen LogP contribution is -2.44. The summed E-state index contributed by atoms with van der Waals surface area (Å²) in [7, 11) is 0. The maximum Gasteiger partial charge on any atom is 0.247 e. The van der Waals surface area contributed by atoms with Gasteiger partial charge in [0.05, 0.1) is 18.3 Å². The Kier molecular flexibility index (Phi) is 7.02. The fourth-order valence-corrected chi connectivity index (χ4v) is 4.14. The molecule has 2 heterocycles. The number of furan rings is 1. The Morgan fingerprint density at radius 3 is 2.46 bits per heavy atom. The van der Waals surface area contributed by atoms with Crippen molar-refractivity contribution < 1.29 is 18.4 Å². The summed E-state index contributed by atoms with van der Waals surface area (Å²) in [4.78, 5) is 28.9. The number of nitrogens with one attached hydrogen (secondary N) is 1. The van der Waals surface area contributed by atoms with E-state index >= 15 is 0 Å². The number of nitrogens with zero attached hydrogens (tertiary/aromatic N) is 4. The molecule has 0 bridgehead atoms. The number of carbonyl (C=O) groups is 2. The van der Waals surface area contributed by atoms with Crippen molar-refractivity contribution >= 4 is 22.8 Å². The van der Waals surface area contributed by atoms with Crippen LogP contribution in [-0.4, -0.2) is 31.7 Å². The molecule has 0 saturated carbocycles. The summed E-state index contributed by atoms with van der Waals surface area (Å²) in [6.07, 6.45) is 1.52.